The molecule has 5 nitrogen and oxygen atoms in total. The van der Waals surface area contributed by atoms with Gasteiger partial charge in [0.15, 0.2) is 0 Å². The fourth-order valence-corrected chi connectivity index (χ4v) is 3.13. The molecule has 1 aromatic carbocycles. The first-order valence-electron chi connectivity index (χ1n) is 7.42. The summed E-state index contributed by atoms with van der Waals surface area (Å²) in [6, 6.07) is 7.20. The average molecular weight is 322 g/mol. The van der Waals surface area contributed by atoms with Gasteiger partial charge in [0.05, 0.1) is 6.26 Å². The minimum Gasteiger partial charge on any atom is -0.336 e. The van der Waals surface area contributed by atoms with E-state index in [9.17, 15) is 13.2 Å². The standard InChI is InChI=1S/C16H22N2O3S/c1-13-5-3-4-12-18(13)16(19)11-8-14-6-9-15(10-7-14)17-22(2,20)21/h6-11,13,17H,3-5,12H2,1-2H3/b11-8+. The van der Waals surface area contributed by atoms with Crippen molar-refractivity contribution in [3.05, 3.63) is 35.9 Å². The summed E-state index contributed by atoms with van der Waals surface area (Å²) in [6.07, 6.45) is 7.76. The largest absolute Gasteiger partial charge is 0.336 e. The molecule has 0 spiro atoms. The first-order chi connectivity index (χ1) is 10.3. The Morgan fingerprint density at radius 2 is 1.95 bits per heavy atom. The van der Waals surface area contributed by atoms with Gasteiger partial charge in [-0.1, -0.05) is 12.1 Å². The first kappa shape index (κ1) is 16.5. The van der Waals surface area contributed by atoms with Gasteiger partial charge in [-0.25, -0.2) is 8.42 Å². The predicted octanol–water partition coefficient (Wildman–Crippen LogP) is 2.47. The molecule has 1 aliphatic heterocycles. The highest BCUT2D eigenvalue weighted by Crippen LogP contribution is 2.17. The summed E-state index contributed by atoms with van der Waals surface area (Å²) in [7, 11) is -3.27. The van der Waals surface area contributed by atoms with Crippen molar-refractivity contribution in [1.82, 2.24) is 4.90 Å². The van der Waals surface area contributed by atoms with E-state index < -0.39 is 10.0 Å². The molecule has 6 heteroatoms. The molecule has 0 aromatic heterocycles. The van der Waals surface area contributed by atoms with Crippen LogP contribution in [0.4, 0.5) is 5.69 Å². The van der Waals surface area contributed by atoms with Crippen molar-refractivity contribution in [2.45, 2.75) is 32.2 Å². The van der Waals surface area contributed by atoms with Crippen molar-refractivity contribution < 1.29 is 13.2 Å². The first-order valence-corrected chi connectivity index (χ1v) is 9.31. The lowest BCUT2D eigenvalue weighted by molar-refractivity contribution is -0.129. The minimum absolute atomic E-state index is 0.0329. The lowest BCUT2D eigenvalue weighted by atomic mass is 10.0. The highest BCUT2D eigenvalue weighted by Gasteiger charge is 2.21. The second kappa shape index (κ2) is 6.96. The van der Waals surface area contributed by atoms with Crippen molar-refractivity contribution in [3.63, 3.8) is 0 Å². The number of nitrogens with zero attached hydrogens (tertiary/aromatic N) is 1. The number of hydrogen-bond donors (Lipinski definition) is 1. The maximum absolute atomic E-state index is 12.2. The van der Waals surface area contributed by atoms with E-state index in [-0.39, 0.29) is 5.91 Å². The smallest absolute Gasteiger partial charge is 0.246 e. The third-order valence-corrected chi connectivity index (χ3v) is 4.32. The Morgan fingerprint density at radius 1 is 1.27 bits per heavy atom. The lowest BCUT2D eigenvalue weighted by Crippen LogP contribution is -2.41. The lowest BCUT2D eigenvalue weighted by Gasteiger charge is -2.32. The van der Waals surface area contributed by atoms with Crippen LogP contribution in [0.1, 0.15) is 31.7 Å². The van der Waals surface area contributed by atoms with E-state index >= 15 is 0 Å². The summed E-state index contributed by atoms with van der Waals surface area (Å²) in [6.45, 7) is 2.90. The monoisotopic (exact) mass is 322 g/mol. The molecule has 1 aliphatic rings. The molecular formula is C16H22N2O3S. The normalized spacial score (nSPS) is 19.4. The molecular weight excluding hydrogens is 300 g/mol. The van der Waals surface area contributed by atoms with E-state index in [1.54, 1.807) is 36.4 Å². The van der Waals surface area contributed by atoms with Crippen LogP contribution in [0.5, 0.6) is 0 Å². The van der Waals surface area contributed by atoms with Gasteiger partial charge in [0.2, 0.25) is 15.9 Å². The molecule has 22 heavy (non-hydrogen) atoms. The number of benzene rings is 1. The number of nitrogens with one attached hydrogen (secondary N) is 1. The summed E-state index contributed by atoms with van der Waals surface area (Å²) in [5, 5.41) is 0. The quantitative estimate of drug-likeness (QED) is 0.866. The van der Waals surface area contributed by atoms with Gasteiger partial charge in [-0.05, 0) is 50.0 Å². The van der Waals surface area contributed by atoms with Crippen molar-refractivity contribution in [1.29, 1.82) is 0 Å². The summed E-state index contributed by atoms with van der Waals surface area (Å²) < 4.78 is 24.7. The highest BCUT2D eigenvalue weighted by atomic mass is 32.2. The van der Waals surface area contributed by atoms with Crippen molar-refractivity contribution in [2.75, 3.05) is 17.5 Å². The van der Waals surface area contributed by atoms with E-state index in [0.29, 0.717) is 11.7 Å². The maximum Gasteiger partial charge on any atom is 0.246 e. The van der Waals surface area contributed by atoms with Crippen molar-refractivity contribution >= 4 is 27.7 Å². The molecule has 1 amide bonds. The van der Waals surface area contributed by atoms with Gasteiger partial charge in [0.25, 0.3) is 0 Å². The van der Waals surface area contributed by atoms with Crippen LogP contribution in [-0.4, -0.2) is 38.1 Å². The zero-order valence-corrected chi connectivity index (χ0v) is 13.8. The van der Waals surface area contributed by atoms with Crippen molar-refractivity contribution in [3.8, 4) is 0 Å². The maximum atomic E-state index is 12.2. The van der Waals surface area contributed by atoms with E-state index in [1.165, 1.54) is 6.42 Å². The van der Waals surface area contributed by atoms with Crippen molar-refractivity contribution in [2.24, 2.45) is 0 Å². The second-order valence-corrected chi connectivity index (χ2v) is 7.45. The number of carbonyl (C=O) groups is 1. The molecule has 0 bridgehead atoms. The van der Waals surface area contributed by atoms with Gasteiger partial charge in [-0.2, -0.15) is 0 Å². The molecule has 1 fully saturated rings. The van der Waals surface area contributed by atoms with Gasteiger partial charge in [0.1, 0.15) is 0 Å². The molecule has 1 heterocycles. The predicted molar refractivity (Wildman–Crippen MR) is 89.0 cm³/mol. The summed E-state index contributed by atoms with van der Waals surface area (Å²) in [5.74, 6) is 0.0329. The van der Waals surface area contributed by atoms with Crippen LogP contribution in [0.3, 0.4) is 0 Å². The molecule has 1 unspecified atom stereocenters. The second-order valence-electron chi connectivity index (χ2n) is 5.71. The van der Waals surface area contributed by atoms with E-state index in [0.717, 1.165) is 31.2 Å². The Morgan fingerprint density at radius 3 is 2.55 bits per heavy atom. The average Bonchev–Trinajstić information content (AvgIpc) is 2.45. The molecule has 1 saturated heterocycles. The molecule has 0 radical (unpaired) electrons. The van der Waals surface area contributed by atoms with Gasteiger partial charge < -0.3 is 4.90 Å². The highest BCUT2D eigenvalue weighted by molar-refractivity contribution is 7.92. The van der Waals surface area contributed by atoms with Gasteiger partial charge in [0, 0.05) is 24.4 Å². The number of likely N-dealkylation sites (tertiary alicyclic amines) is 1. The van der Waals surface area contributed by atoms with Gasteiger partial charge >= 0.3 is 0 Å². The topological polar surface area (TPSA) is 66.5 Å². The fraction of sp³-hybridized carbons (Fsp3) is 0.438. The van der Waals surface area contributed by atoms with Crippen LogP contribution in [0.2, 0.25) is 0 Å². The van der Waals surface area contributed by atoms with Crippen LogP contribution in [0.25, 0.3) is 6.08 Å². The Balaban J connectivity index is 1.99. The van der Waals surface area contributed by atoms with Gasteiger partial charge in [-0.15, -0.1) is 0 Å². The zero-order chi connectivity index (χ0) is 16.2. The fourth-order valence-electron chi connectivity index (χ4n) is 2.57. The summed E-state index contributed by atoms with van der Waals surface area (Å²) >= 11 is 0. The van der Waals surface area contributed by atoms with E-state index in [4.69, 9.17) is 0 Å². The Bertz CT molecular complexity index is 650. The van der Waals surface area contributed by atoms with E-state index in [2.05, 4.69) is 11.6 Å². The SMILES string of the molecule is CC1CCCCN1C(=O)/C=C/c1ccc(NS(C)(=O)=O)cc1. The molecule has 1 atom stereocenters. The summed E-state index contributed by atoms with van der Waals surface area (Å²) in [4.78, 5) is 14.1. The summed E-state index contributed by atoms with van der Waals surface area (Å²) in [5.41, 5.74) is 1.37. The molecule has 0 saturated carbocycles. The van der Waals surface area contributed by atoms with Crippen LogP contribution >= 0.6 is 0 Å². The minimum atomic E-state index is -3.27. The third-order valence-electron chi connectivity index (χ3n) is 3.72. The zero-order valence-electron chi connectivity index (χ0n) is 13.0. The number of amides is 1. The van der Waals surface area contributed by atoms with Crippen LogP contribution in [-0.2, 0) is 14.8 Å². The Kier molecular flexibility index (Phi) is 5.24. The van der Waals surface area contributed by atoms with E-state index in [1.807, 2.05) is 4.90 Å². The number of hydrogen-bond acceptors (Lipinski definition) is 3. The molecule has 2 rings (SSSR count). The van der Waals surface area contributed by atoms with Crippen LogP contribution in [0, 0.1) is 0 Å². The molecule has 1 N–H and O–H groups in total. The van der Waals surface area contributed by atoms with Crippen LogP contribution < -0.4 is 4.72 Å². The molecule has 1 aromatic rings. The number of rotatable bonds is 4. The Labute approximate surface area is 132 Å². The molecule has 0 aliphatic carbocycles. The molecule has 120 valence electrons. The third kappa shape index (κ3) is 4.87. The van der Waals surface area contributed by atoms with Gasteiger partial charge in [-0.3, -0.25) is 9.52 Å². The number of piperidine rings is 1. The Hall–Kier alpha value is -1.82. The number of sulfonamides is 1. The number of anilines is 1. The number of carbonyl (C=O) groups excluding carboxylic acids is 1. The van der Waals surface area contributed by atoms with Crippen LogP contribution in [0.15, 0.2) is 30.3 Å².